The van der Waals surface area contributed by atoms with Crippen molar-refractivity contribution in [3.63, 3.8) is 0 Å². The molecule has 0 radical (unpaired) electrons. The first-order valence-corrected chi connectivity index (χ1v) is 11.0. The van der Waals surface area contributed by atoms with Crippen molar-refractivity contribution in [1.29, 1.82) is 0 Å². The number of rotatable bonds is 6. The minimum atomic E-state index is -0.309. The van der Waals surface area contributed by atoms with Gasteiger partial charge in [0.1, 0.15) is 28.4 Å². The van der Waals surface area contributed by atoms with Crippen LogP contribution in [0.1, 0.15) is 73.9 Å². The van der Waals surface area contributed by atoms with Crippen LogP contribution in [-0.2, 0) is 6.42 Å². The van der Waals surface area contributed by atoms with Gasteiger partial charge in [-0.2, -0.15) is 0 Å². The van der Waals surface area contributed by atoms with E-state index in [0.717, 1.165) is 30.4 Å². The first-order chi connectivity index (χ1) is 14.3. The number of benzene rings is 2. The lowest BCUT2D eigenvalue weighted by molar-refractivity contribution is -0.00940. The minimum absolute atomic E-state index is 0.0478. The highest BCUT2D eigenvalue weighted by Gasteiger charge is 2.48. The molecule has 3 unspecified atom stereocenters. The molecule has 4 heteroatoms. The second-order valence-corrected chi connectivity index (χ2v) is 9.43. The maximum atomic E-state index is 13.3. The zero-order valence-corrected chi connectivity index (χ0v) is 18.4. The number of hydrogen-bond acceptors (Lipinski definition) is 4. The highest BCUT2D eigenvalue weighted by Crippen LogP contribution is 2.58. The highest BCUT2D eigenvalue weighted by atomic mass is 16.5. The van der Waals surface area contributed by atoms with Crippen LogP contribution >= 0.6 is 0 Å². The van der Waals surface area contributed by atoms with E-state index in [-0.39, 0.29) is 23.1 Å². The average Bonchev–Trinajstić information content (AvgIpc) is 2.71. The Kier molecular flexibility index (Phi) is 5.52. The van der Waals surface area contributed by atoms with Gasteiger partial charge in [0.05, 0.1) is 7.11 Å². The molecule has 0 aromatic heterocycles. The summed E-state index contributed by atoms with van der Waals surface area (Å²) < 4.78 is 12.1. The van der Waals surface area contributed by atoms with Crippen molar-refractivity contribution in [1.82, 2.24) is 0 Å². The topological polar surface area (TPSA) is 55.8 Å². The fraction of sp³-hybridized carbons (Fsp3) is 0.500. The number of phenols is 1. The van der Waals surface area contributed by atoms with Gasteiger partial charge in [0.2, 0.25) is 0 Å². The second-order valence-electron chi connectivity index (χ2n) is 9.43. The molecule has 1 aliphatic carbocycles. The molecule has 2 aliphatic rings. The van der Waals surface area contributed by atoms with Gasteiger partial charge in [-0.1, -0.05) is 44.2 Å². The van der Waals surface area contributed by atoms with Gasteiger partial charge < -0.3 is 14.6 Å². The fourth-order valence-electron chi connectivity index (χ4n) is 5.40. The molecule has 1 saturated carbocycles. The normalized spacial score (nSPS) is 24.8. The number of phenolic OH excluding ortho intramolecular Hbond substituents is 1. The molecule has 160 valence electrons. The molecule has 0 spiro atoms. The van der Waals surface area contributed by atoms with E-state index in [1.54, 1.807) is 13.2 Å². The molecule has 1 N–H and O–H groups in total. The number of ether oxygens (including phenoxy) is 2. The monoisotopic (exact) mass is 408 g/mol. The molecule has 0 saturated heterocycles. The lowest BCUT2D eigenvalue weighted by Crippen LogP contribution is -2.45. The molecule has 30 heavy (non-hydrogen) atoms. The molecular formula is C26H32O4. The van der Waals surface area contributed by atoms with E-state index in [4.69, 9.17) is 9.47 Å². The molecule has 4 nitrogen and oxygen atoms in total. The lowest BCUT2D eigenvalue weighted by Gasteiger charge is -2.49. The van der Waals surface area contributed by atoms with Crippen LogP contribution in [0.5, 0.6) is 17.2 Å². The van der Waals surface area contributed by atoms with Gasteiger partial charge >= 0.3 is 0 Å². The van der Waals surface area contributed by atoms with Crippen LogP contribution in [0, 0.1) is 11.8 Å². The van der Waals surface area contributed by atoms with Crippen LogP contribution in [0.25, 0.3) is 0 Å². The van der Waals surface area contributed by atoms with Gasteiger partial charge in [-0.3, -0.25) is 4.79 Å². The molecule has 3 atom stereocenters. The summed E-state index contributed by atoms with van der Waals surface area (Å²) in [6.07, 6.45) is 3.94. The molecule has 1 heterocycles. The van der Waals surface area contributed by atoms with E-state index in [2.05, 4.69) is 20.8 Å². The Bertz CT molecular complexity index is 934. The summed E-state index contributed by atoms with van der Waals surface area (Å²) in [5.74, 6) is 2.35. The van der Waals surface area contributed by atoms with Crippen LogP contribution < -0.4 is 9.47 Å². The number of Topliss-reactive ketones (excluding diaryl/α,β-unsaturated/α-hetero) is 1. The summed E-state index contributed by atoms with van der Waals surface area (Å²) in [5.41, 5.74) is 2.09. The number of methoxy groups -OCH3 is 1. The summed E-state index contributed by atoms with van der Waals surface area (Å²) in [5, 5.41) is 10.8. The van der Waals surface area contributed by atoms with Crippen molar-refractivity contribution >= 4 is 5.78 Å². The summed E-state index contributed by atoms with van der Waals surface area (Å²) in [6.45, 7) is 6.66. The lowest BCUT2D eigenvalue weighted by atomic mass is 9.64. The van der Waals surface area contributed by atoms with Crippen molar-refractivity contribution in [2.24, 2.45) is 11.8 Å². The zero-order valence-electron chi connectivity index (χ0n) is 18.4. The van der Waals surface area contributed by atoms with E-state index in [0.29, 0.717) is 41.7 Å². The Morgan fingerprint density at radius 1 is 1.30 bits per heavy atom. The molecule has 1 aliphatic heterocycles. The quantitative estimate of drug-likeness (QED) is 0.604. The smallest absolute Gasteiger partial charge is 0.170 e. The van der Waals surface area contributed by atoms with E-state index in [1.165, 1.54) is 0 Å². The van der Waals surface area contributed by atoms with Gasteiger partial charge in [-0.05, 0) is 55.9 Å². The van der Waals surface area contributed by atoms with Crippen LogP contribution in [-0.4, -0.2) is 23.6 Å². The maximum absolute atomic E-state index is 13.3. The van der Waals surface area contributed by atoms with Crippen molar-refractivity contribution in [2.75, 3.05) is 7.11 Å². The number of carbonyl (C=O) groups excluding carboxylic acids is 1. The maximum Gasteiger partial charge on any atom is 0.170 e. The molecule has 4 rings (SSSR count). The third kappa shape index (κ3) is 3.68. The predicted octanol–water partition coefficient (Wildman–Crippen LogP) is 5.91. The van der Waals surface area contributed by atoms with Gasteiger partial charge in [0.25, 0.3) is 0 Å². The number of aryl methyl sites for hydroxylation is 1. The molecule has 0 amide bonds. The van der Waals surface area contributed by atoms with E-state index < -0.39 is 0 Å². The third-order valence-corrected chi connectivity index (χ3v) is 6.99. The zero-order chi connectivity index (χ0) is 21.5. The number of aromatic hydroxyl groups is 1. The summed E-state index contributed by atoms with van der Waals surface area (Å²) >= 11 is 0. The Morgan fingerprint density at radius 3 is 2.70 bits per heavy atom. The Labute approximate surface area is 179 Å². The largest absolute Gasteiger partial charge is 0.507 e. The number of hydrogen-bond donors (Lipinski definition) is 1. The first kappa shape index (κ1) is 20.8. The number of ketones is 1. The molecule has 2 aromatic carbocycles. The summed E-state index contributed by atoms with van der Waals surface area (Å²) in [6, 6.07) is 11.6. The van der Waals surface area contributed by atoms with E-state index in [9.17, 15) is 9.90 Å². The fourth-order valence-corrected chi connectivity index (χ4v) is 5.40. The molecule has 2 bridgehead atoms. The van der Waals surface area contributed by atoms with Gasteiger partial charge in [0, 0.05) is 18.1 Å². The van der Waals surface area contributed by atoms with Crippen molar-refractivity contribution in [3.05, 3.63) is 53.1 Å². The average molecular weight is 409 g/mol. The van der Waals surface area contributed by atoms with Gasteiger partial charge in [0.15, 0.2) is 5.78 Å². The predicted molar refractivity (Wildman–Crippen MR) is 118 cm³/mol. The standard InChI is InChI=1S/C26H32O4/c1-16(2)18-12-13-26(3)15-19(18)23-22(29-4)14-21(28)24(25(23)30-26)20(27)11-10-17-8-6-5-7-9-17/h5-9,14,16,18-19,28H,10-13,15H2,1-4H3. The Balaban J connectivity index is 1.76. The second kappa shape index (κ2) is 7.98. The van der Waals surface area contributed by atoms with Crippen LogP contribution in [0.3, 0.4) is 0 Å². The highest BCUT2D eigenvalue weighted by molar-refractivity contribution is 6.02. The van der Waals surface area contributed by atoms with Crippen molar-refractivity contribution in [2.45, 2.75) is 64.4 Å². The Morgan fingerprint density at radius 2 is 2.03 bits per heavy atom. The van der Waals surface area contributed by atoms with Crippen molar-refractivity contribution in [3.8, 4) is 17.2 Å². The minimum Gasteiger partial charge on any atom is -0.507 e. The van der Waals surface area contributed by atoms with E-state index in [1.807, 2.05) is 30.3 Å². The molecule has 2 aromatic rings. The SMILES string of the molecule is COc1cc(O)c(C(=O)CCc2ccccc2)c2c1C1CC(C)(CCC1C(C)C)O2. The van der Waals surface area contributed by atoms with Crippen LogP contribution in [0.15, 0.2) is 36.4 Å². The third-order valence-electron chi connectivity index (χ3n) is 6.99. The van der Waals surface area contributed by atoms with Crippen molar-refractivity contribution < 1.29 is 19.4 Å². The summed E-state index contributed by atoms with van der Waals surface area (Å²) in [4.78, 5) is 13.3. The first-order valence-electron chi connectivity index (χ1n) is 11.0. The molecule has 1 fully saturated rings. The number of carbonyl (C=O) groups is 1. The summed E-state index contributed by atoms with van der Waals surface area (Å²) in [7, 11) is 1.62. The Hall–Kier alpha value is -2.49. The number of fused-ring (bicyclic) bond motifs is 4. The molecular weight excluding hydrogens is 376 g/mol. The van der Waals surface area contributed by atoms with Gasteiger partial charge in [-0.15, -0.1) is 0 Å². The van der Waals surface area contributed by atoms with Gasteiger partial charge in [-0.25, -0.2) is 0 Å². The van der Waals surface area contributed by atoms with Crippen LogP contribution in [0.4, 0.5) is 0 Å². The van der Waals surface area contributed by atoms with E-state index >= 15 is 0 Å². The van der Waals surface area contributed by atoms with Crippen LogP contribution in [0.2, 0.25) is 0 Å².